The van der Waals surface area contributed by atoms with Crippen LogP contribution in [0.3, 0.4) is 0 Å². The molecule has 0 aliphatic heterocycles. The summed E-state index contributed by atoms with van der Waals surface area (Å²) in [6.45, 7) is 2.47. The molecule has 0 unspecified atom stereocenters. The first-order chi connectivity index (χ1) is 8.61. The van der Waals surface area contributed by atoms with Crippen molar-refractivity contribution < 1.29 is 4.74 Å². The first-order valence-corrected chi connectivity index (χ1v) is 7.12. The van der Waals surface area contributed by atoms with E-state index in [0.29, 0.717) is 6.54 Å². The van der Waals surface area contributed by atoms with E-state index in [1.54, 1.807) is 0 Å². The number of benzene rings is 2. The molecule has 94 valence electrons. The van der Waals surface area contributed by atoms with E-state index in [0.717, 1.165) is 26.0 Å². The zero-order valence-corrected chi connectivity index (χ0v) is 13.1. The summed E-state index contributed by atoms with van der Waals surface area (Å²) in [4.78, 5) is 0. The topological polar surface area (TPSA) is 35.2 Å². The van der Waals surface area contributed by atoms with Crippen LogP contribution in [0.1, 0.15) is 11.1 Å². The number of rotatable bonds is 3. The Morgan fingerprint density at radius 3 is 2.50 bits per heavy atom. The predicted molar refractivity (Wildman–Crippen MR) is 81.0 cm³/mol. The first kappa shape index (κ1) is 13.6. The van der Waals surface area contributed by atoms with Gasteiger partial charge in [0.25, 0.3) is 0 Å². The fraction of sp³-hybridized carbons (Fsp3) is 0.143. The highest BCUT2D eigenvalue weighted by Gasteiger charge is 2.09. The lowest BCUT2D eigenvalue weighted by atomic mass is 10.2. The largest absolute Gasteiger partial charge is 0.456 e. The van der Waals surface area contributed by atoms with Gasteiger partial charge in [-0.3, -0.25) is 0 Å². The monoisotopic (exact) mass is 369 g/mol. The van der Waals surface area contributed by atoms with Gasteiger partial charge in [0.2, 0.25) is 0 Å². The average Bonchev–Trinajstić information content (AvgIpc) is 2.33. The van der Waals surface area contributed by atoms with Crippen LogP contribution in [0.2, 0.25) is 0 Å². The minimum absolute atomic E-state index is 0.431. The van der Waals surface area contributed by atoms with E-state index in [-0.39, 0.29) is 0 Å². The Bertz CT molecular complexity index is 570. The average molecular weight is 371 g/mol. The Balaban J connectivity index is 2.37. The normalized spacial score (nSPS) is 10.4. The van der Waals surface area contributed by atoms with Crippen molar-refractivity contribution in [1.29, 1.82) is 0 Å². The molecule has 0 heterocycles. The van der Waals surface area contributed by atoms with Crippen LogP contribution in [-0.2, 0) is 6.54 Å². The SMILES string of the molecule is Cc1ccc(Oc2cccc(Br)c2CN)c(Br)c1. The van der Waals surface area contributed by atoms with Crippen molar-refractivity contribution in [3.05, 3.63) is 56.5 Å². The highest BCUT2D eigenvalue weighted by Crippen LogP contribution is 2.34. The molecule has 2 nitrogen and oxygen atoms in total. The number of nitrogens with two attached hydrogens (primary N) is 1. The van der Waals surface area contributed by atoms with Gasteiger partial charge in [-0.2, -0.15) is 0 Å². The van der Waals surface area contributed by atoms with E-state index in [9.17, 15) is 0 Å². The second-order valence-corrected chi connectivity index (χ2v) is 5.67. The van der Waals surface area contributed by atoms with Crippen LogP contribution in [0, 0.1) is 6.92 Å². The number of aryl methyl sites for hydroxylation is 1. The fourth-order valence-electron chi connectivity index (χ4n) is 1.64. The molecule has 0 aromatic heterocycles. The van der Waals surface area contributed by atoms with Crippen LogP contribution in [0.25, 0.3) is 0 Å². The van der Waals surface area contributed by atoms with Gasteiger partial charge >= 0.3 is 0 Å². The van der Waals surface area contributed by atoms with Crippen molar-refractivity contribution in [3.63, 3.8) is 0 Å². The highest BCUT2D eigenvalue weighted by molar-refractivity contribution is 9.10. The maximum absolute atomic E-state index is 5.91. The minimum atomic E-state index is 0.431. The van der Waals surface area contributed by atoms with Gasteiger partial charge in [-0.15, -0.1) is 0 Å². The molecule has 0 atom stereocenters. The molecule has 0 radical (unpaired) electrons. The van der Waals surface area contributed by atoms with Crippen LogP contribution < -0.4 is 10.5 Å². The van der Waals surface area contributed by atoms with E-state index >= 15 is 0 Å². The Labute approximate surface area is 123 Å². The maximum Gasteiger partial charge on any atom is 0.141 e. The Morgan fingerprint density at radius 2 is 1.83 bits per heavy atom. The van der Waals surface area contributed by atoms with E-state index in [2.05, 4.69) is 31.9 Å². The quantitative estimate of drug-likeness (QED) is 0.844. The third kappa shape index (κ3) is 2.94. The van der Waals surface area contributed by atoms with Gasteiger partial charge in [0, 0.05) is 16.6 Å². The maximum atomic E-state index is 5.91. The molecule has 0 amide bonds. The molecular weight excluding hydrogens is 358 g/mol. The summed E-state index contributed by atoms with van der Waals surface area (Å²) < 4.78 is 7.81. The van der Waals surface area contributed by atoms with Crippen molar-refractivity contribution in [2.24, 2.45) is 5.73 Å². The van der Waals surface area contributed by atoms with Gasteiger partial charge in [0.05, 0.1) is 4.47 Å². The zero-order chi connectivity index (χ0) is 13.1. The van der Waals surface area contributed by atoms with Crippen molar-refractivity contribution in [1.82, 2.24) is 0 Å². The molecule has 4 heteroatoms. The number of hydrogen-bond donors (Lipinski definition) is 1. The van der Waals surface area contributed by atoms with Crippen molar-refractivity contribution in [2.45, 2.75) is 13.5 Å². The molecule has 0 saturated heterocycles. The van der Waals surface area contributed by atoms with Crippen LogP contribution in [0.15, 0.2) is 45.3 Å². The molecule has 2 aromatic carbocycles. The highest BCUT2D eigenvalue weighted by atomic mass is 79.9. The molecule has 2 rings (SSSR count). The smallest absolute Gasteiger partial charge is 0.141 e. The molecular formula is C14H13Br2NO. The van der Waals surface area contributed by atoms with Gasteiger partial charge in [-0.25, -0.2) is 0 Å². The third-order valence-corrected chi connectivity index (χ3v) is 3.95. The zero-order valence-electron chi connectivity index (χ0n) is 9.91. The third-order valence-electron chi connectivity index (χ3n) is 2.59. The van der Waals surface area contributed by atoms with Crippen LogP contribution >= 0.6 is 31.9 Å². The summed E-state index contributed by atoms with van der Waals surface area (Å²) in [6.07, 6.45) is 0. The molecule has 0 aliphatic carbocycles. The summed E-state index contributed by atoms with van der Waals surface area (Å²) in [5.74, 6) is 1.56. The summed E-state index contributed by atoms with van der Waals surface area (Å²) in [5, 5.41) is 0. The lowest BCUT2D eigenvalue weighted by Gasteiger charge is -2.13. The van der Waals surface area contributed by atoms with Gasteiger partial charge in [0.15, 0.2) is 0 Å². The van der Waals surface area contributed by atoms with Crippen LogP contribution in [0.4, 0.5) is 0 Å². The Morgan fingerprint density at radius 1 is 1.06 bits per heavy atom. The second kappa shape index (κ2) is 5.87. The molecule has 0 saturated carbocycles. The van der Waals surface area contributed by atoms with E-state index in [1.807, 2.05) is 43.3 Å². The van der Waals surface area contributed by atoms with Crippen molar-refractivity contribution in [3.8, 4) is 11.5 Å². The summed E-state index contributed by atoms with van der Waals surface area (Å²) in [5.41, 5.74) is 7.89. The lowest BCUT2D eigenvalue weighted by molar-refractivity contribution is 0.473. The van der Waals surface area contributed by atoms with Gasteiger partial charge in [-0.05, 0) is 52.7 Å². The van der Waals surface area contributed by atoms with E-state index < -0.39 is 0 Å². The predicted octanol–water partition coefficient (Wildman–Crippen LogP) is 4.77. The van der Waals surface area contributed by atoms with E-state index in [1.165, 1.54) is 5.56 Å². The molecule has 0 spiro atoms. The lowest BCUT2D eigenvalue weighted by Crippen LogP contribution is -2.00. The van der Waals surface area contributed by atoms with Gasteiger partial charge in [-0.1, -0.05) is 28.1 Å². The molecule has 18 heavy (non-hydrogen) atoms. The van der Waals surface area contributed by atoms with Gasteiger partial charge in [0.1, 0.15) is 11.5 Å². The van der Waals surface area contributed by atoms with Crippen LogP contribution in [-0.4, -0.2) is 0 Å². The van der Waals surface area contributed by atoms with Gasteiger partial charge < -0.3 is 10.5 Å². The minimum Gasteiger partial charge on any atom is -0.456 e. The molecule has 2 aromatic rings. The Hall–Kier alpha value is -0.840. The number of ether oxygens (including phenoxy) is 1. The molecule has 0 fully saturated rings. The molecule has 0 bridgehead atoms. The second-order valence-electron chi connectivity index (χ2n) is 3.96. The van der Waals surface area contributed by atoms with Crippen molar-refractivity contribution >= 4 is 31.9 Å². The van der Waals surface area contributed by atoms with Crippen LogP contribution in [0.5, 0.6) is 11.5 Å². The first-order valence-electron chi connectivity index (χ1n) is 5.53. The Kier molecular flexibility index (Phi) is 4.43. The molecule has 2 N–H and O–H groups in total. The number of hydrogen-bond acceptors (Lipinski definition) is 2. The number of halogens is 2. The van der Waals surface area contributed by atoms with E-state index in [4.69, 9.17) is 10.5 Å². The fourth-order valence-corrected chi connectivity index (χ4v) is 2.72. The molecule has 0 aliphatic rings. The summed E-state index contributed by atoms with van der Waals surface area (Å²) in [7, 11) is 0. The van der Waals surface area contributed by atoms with Crippen molar-refractivity contribution in [2.75, 3.05) is 0 Å². The standard InChI is InChI=1S/C14H13Br2NO/c1-9-5-6-14(12(16)7-9)18-13-4-2-3-11(15)10(13)8-17/h2-7H,8,17H2,1H3. The summed E-state index contributed by atoms with van der Waals surface area (Å²) >= 11 is 6.98. The summed E-state index contributed by atoms with van der Waals surface area (Å²) in [6, 6.07) is 11.8.